The molecule has 3 N–H and O–H groups in total. The minimum Gasteiger partial charge on any atom is -0.393 e. The zero-order valence-corrected chi connectivity index (χ0v) is 20.0. The van der Waals surface area contributed by atoms with Gasteiger partial charge in [0.25, 0.3) is 0 Å². The summed E-state index contributed by atoms with van der Waals surface area (Å²) < 4.78 is 0. The Morgan fingerprint density at radius 1 is 1.07 bits per heavy atom. The zero-order valence-electron chi connectivity index (χ0n) is 20.0. The predicted molar refractivity (Wildman–Crippen MR) is 122 cm³/mol. The van der Waals surface area contributed by atoms with Gasteiger partial charge in [0.2, 0.25) is 0 Å². The number of aliphatic hydroxyl groups excluding tert-OH is 2. The van der Waals surface area contributed by atoms with Crippen LogP contribution in [0.5, 0.6) is 0 Å². The molecule has 3 nitrogen and oxygen atoms in total. The van der Waals surface area contributed by atoms with Crippen molar-refractivity contribution in [2.75, 3.05) is 0 Å². The number of aliphatic hydroxyl groups is 3. The Kier molecular flexibility index (Phi) is 5.99. The molecule has 0 radical (unpaired) electrons. The summed E-state index contributed by atoms with van der Waals surface area (Å²) >= 11 is 0. The van der Waals surface area contributed by atoms with Crippen molar-refractivity contribution >= 4 is 0 Å². The molecular formula is C27H46O3. The predicted octanol–water partition coefficient (Wildman–Crippen LogP) is 5.47. The van der Waals surface area contributed by atoms with Crippen LogP contribution in [0.4, 0.5) is 0 Å². The van der Waals surface area contributed by atoms with Gasteiger partial charge in [0.15, 0.2) is 0 Å². The number of hydrogen-bond acceptors (Lipinski definition) is 3. The van der Waals surface area contributed by atoms with Crippen LogP contribution in [-0.4, -0.2) is 33.1 Å². The van der Waals surface area contributed by atoms with E-state index in [1.54, 1.807) is 0 Å². The molecule has 0 aromatic heterocycles. The molecule has 3 fully saturated rings. The van der Waals surface area contributed by atoms with Crippen LogP contribution in [-0.2, 0) is 0 Å². The SMILES string of the molecule is C[C@H](CCCC(C)(C)O)[C@H]1CC[C@H]2[C@@H]3[C@H](O)C=C4CC(O)CC[C@]4(C)[C@@H]3CC[C@]12C. The molecule has 9 atom stereocenters. The van der Waals surface area contributed by atoms with Gasteiger partial charge >= 0.3 is 0 Å². The van der Waals surface area contributed by atoms with E-state index in [0.717, 1.165) is 38.0 Å². The maximum atomic E-state index is 11.3. The second-order valence-corrected chi connectivity index (χ2v) is 12.7. The van der Waals surface area contributed by atoms with Crippen LogP contribution in [0.15, 0.2) is 11.6 Å². The molecule has 0 amide bonds. The van der Waals surface area contributed by atoms with Gasteiger partial charge in [-0.1, -0.05) is 45.3 Å². The molecular weight excluding hydrogens is 372 g/mol. The fraction of sp³-hybridized carbons (Fsp3) is 0.926. The standard InChI is InChI=1S/C27H46O3/c1-17(7-6-12-25(2,3)30)20-8-9-21-24-22(11-14-27(20,21)5)26(4)13-10-19(28)15-18(26)16-23(24)29/h16-17,19-24,28-30H,6-15H2,1-5H3/t17-,19?,20-,21+,22-,23-,24+,26+,27-/m1/s1. The highest BCUT2D eigenvalue weighted by atomic mass is 16.3. The van der Waals surface area contributed by atoms with Gasteiger partial charge in [0, 0.05) is 0 Å². The number of hydrogen-bond donors (Lipinski definition) is 3. The van der Waals surface area contributed by atoms with E-state index in [0.29, 0.717) is 29.1 Å². The minimum atomic E-state index is -0.556. The Bertz CT molecular complexity index is 664. The molecule has 0 aromatic rings. The van der Waals surface area contributed by atoms with E-state index in [1.165, 1.54) is 37.7 Å². The summed E-state index contributed by atoms with van der Waals surface area (Å²) in [5, 5.41) is 31.6. The van der Waals surface area contributed by atoms with Gasteiger partial charge in [-0.3, -0.25) is 0 Å². The average Bonchev–Trinajstić information content (AvgIpc) is 2.99. The highest BCUT2D eigenvalue weighted by molar-refractivity contribution is 5.27. The normalized spacial score (nSPS) is 47.1. The van der Waals surface area contributed by atoms with Crippen molar-refractivity contribution in [3.8, 4) is 0 Å². The van der Waals surface area contributed by atoms with Gasteiger partial charge in [-0.15, -0.1) is 0 Å². The molecule has 0 aliphatic heterocycles. The minimum absolute atomic E-state index is 0.181. The molecule has 0 saturated heterocycles. The summed E-state index contributed by atoms with van der Waals surface area (Å²) in [6.45, 7) is 11.2. The highest BCUT2D eigenvalue weighted by Crippen LogP contribution is 2.67. The van der Waals surface area contributed by atoms with Gasteiger partial charge in [-0.05, 0) is 106 Å². The van der Waals surface area contributed by atoms with E-state index < -0.39 is 5.60 Å². The van der Waals surface area contributed by atoms with Crippen molar-refractivity contribution in [1.29, 1.82) is 0 Å². The largest absolute Gasteiger partial charge is 0.393 e. The molecule has 172 valence electrons. The van der Waals surface area contributed by atoms with Crippen LogP contribution in [0.2, 0.25) is 0 Å². The Morgan fingerprint density at radius 2 is 1.80 bits per heavy atom. The summed E-state index contributed by atoms with van der Waals surface area (Å²) in [7, 11) is 0. The van der Waals surface area contributed by atoms with E-state index >= 15 is 0 Å². The van der Waals surface area contributed by atoms with Gasteiger partial charge in [0.1, 0.15) is 0 Å². The maximum Gasteiger partial charge on any atom is 0.0757 e. The quantitative estimate of drug-likeness (QED) is 0.519. The fourth-order valence-electron chi connectivity index (χ4n) is 8.66. The second-order valence-electron chi connectivity index (χ2n) is 12.7. The number of fused-ring (bicyclic) bond motifs is 5. The first-order valence-electron chi connectivity index (χ1n) is 12.8. The molecule has 4 rings (SSSR count). The molecule has 0 heterocycles. The van der Waals surface area contributed by atoms with Gasteiger partial charge in [0.05, 0.1) is 17.8 Å². The summed E-state index contributed by atoms with van der Waals surface area (Å²) in [5.41, 5.74) is 1.31. The van der Waals surface area contributed by atoms with Crippen molar-refractivity contribution in [2.24, 2.45) is 40.4 Å². The van der Waals surface area contributed by atoms with Crippen molar-refractivity contribution in [2.45, 2.75) is 117 Å². The lowest BCUT2D eigenvalue weighted by molar-refractivity contribution is -0.0971. The Balaban J connectivity index is 1.52. The van der Waals surface area contributed by atoms with Crippen molar-refractivity contribution < 1.29 is 15.3 Å². The second kappa shape index (κ2) is 7.89. The molecule has 4 aliphatic carbocycles. The maximum absolute atomic E-state index is 11.3. The lowest BCUT2D eigenvalue weighted by atomic mass is 9.46. The van der Waals surface area contributed by atoms with E-state index in [-0.39, 0.29) is 17.6 Å². The summed E-state index contributed by atoms with van der Waals surface area (Å²) in [6.07, 6.45) is 12.6. The van der Waals surface area contributed by atoms with Crippen LogP contribution in [0.3, 0.4) is 0 Å². The summed E-state index contributed by atoms with van der Waals surface area (Å²) in [6, 6.07) is 0. The molecule has 0 spiro atoms. The first-order valence-corrected chi connectivity index (χ1v) is 12.8. The summed E-state index contributed by atoms with van der Waals surface area (Å²) in [5.74, 6) is 3.01. The first kappa shape index (κ1) is 22.8. The third-order valence-electron chi connectivity index (χ3n) is 10.3. The third kappa shape index (κ3) is 3.82. The molecule has 0 bridgehead atoms. The van der Waals surface area contributed by atoms with Crippen LogP contribution < -0.4 is 0 Å². The molecule has 1 unspecified atom stereocenters. The van der Waals surface area contributed by atoms with Crippen LogP contribution in [0.25, 0.3) is 0 Å². The monoisotopic (exact) mass is 418 g/mol. The van der Waals surface area contributed by atoms with Crippen LogP contribution in [0.1, 0.15) is 98.8 Å². The van der Waals surface area contributed by atoms with Gasteiger partial charge in [-0.2, -0.15) is 0 Å². The average molecular weight is 419 g/mol. The molecule has 4 aliphatic rings. The fourth-order valence-corrected chi connectivity index (χ4v) is 8.66. The van der Waals surface area contributed by atoms with Crippen molar-refractivity contribution in [3.05, 3.63) is 11.6 Å². The van der Waals surface area contributed by atoms with Gasteiger partial charge < -0.3 is 15.3 Å². The Labute approximate surface area is 184 Å². The lowest BCUT2D eigenvalue weighted by Gasteiger charge is -2.59. The van der Waals surface area contributed by atoms with Crippen LogP contribution in [0, 0.1) is 40.4 Å². The van der Waals surface area contributed by atoms with E-state index in [1.807, 2.05) is 13.8 Å². The molecule has 0 aromatic carbocycles. The Morgan fingerprint density at radius 3 is 2.50 bits per heavy atom. The molecule has 30 heavy (non-hydrogen) atoms. The van der Waals surface area contributed by atoms with Crippen molar-refractivity contribution in [1.82, 2.24) is 0 Å². The summed E-state index contributed by atoms with van der Waals surface area (Å²) in [4.78, 5) is 0. The van der Waals surface area contributed by atoms with Crippen molar-refractivity contribution in [3.63, 3.8) is 0 Å². The smallest absolute Gasteiger partial charge is 0.0757 e. The van der Waals surface area contributed by atoms with E-state index in [4.69, 9.17) is 0 Å². The highest BCUT2D eigenvalue weighted by Gasteiger charge is 2.61. The Hall–Kier alpha value is -0.380. The lowest BCUT2D eigenvalue weighted by Crippen LogP contribution is -2.54. The van der Waals surface area contributed by atoms with Gasteiger partial charge in [-0.25, -0.2) is 0 Å². The van der Waals surface area contributed by atoms with Crippen LogP contribution >= 0.6 is 0 Å². The first-order chi connectivity index (χ1) is 14.0. The van der Waals surface area contributed by atoms with E-state index in [9.17, 15) is 15.3 Å². The third-order valence-corrected chi connectivity index (χ3v) is 10.3. The molecule has 3 saturated carbocycles. The van der Waals surface area contributed by atoms with E-state index in [2.05, 4.69) is 26.8 Å². The zero-order chi connectivity index (χ0) is 21.9. The number of rotatable bonds is 5. The topological polar surface area (TPSA) is 60.7 Å². The molecule has 3 heteroatoms.